The Balaban J connectivity index is 3.64. The molecule has 0 aromatic carbocycles. The van der Waals surface area contributed by atoms with Crippen molar-refractivity contribution < 1.29 is 14.7 Å². The molecule has 0 aromatic heterocycles. The number of carbonyl (C=O) groups is 2. The highest BCUT2D eigenvalue weighted by molar-refractivity contribution is 5.90. The maximum atomic E-state index is 11.3. The van der Waals surface area contributed by atoms with Crippen molar-refractivity contribution in [2.75, 3.05) is 13.6 Å². The van der Waals surface area contributed by atoms with Gasteiger partial charge in [-0.25, -0.2) is 0 Å². The predicted molar refractivity (Wildman–Crippen MR) is 58.4 cm³/mol. The van der Waals surface area contributed by atoms with Crippen molar-refractivity contribution in [3.8, 4) is 0 Å². The standard InChI is InChI=1S/C11H19NO3/c1-10(14)6-3-4-8-12(2)11(15)7-5-9-13/h5,7,9-10,14H,3-4,6,8H2,1-2H3/b7-5-. The second-order valence-corrected chi connectivity index (χ2v) is 3.60. The molecule has 0 bridgehead atoms. The van der Waals surface area contributed by atoms with Crippen molar-refractivity contribution in [1.29, 1.82) is 0 Å². The van der Waals surface area contributed by atoms with Gasteiger partial charge < -0.3 is 10.0 Å². The summed E-state index contributed by atoms with van der Waals surface area (Å²) in [5, 5.41) is 9.01. The molecule has 0 saturated heterocycles. The highest BCUT2D eigenvalue weighted by Crippen LogP contribution is 2.01. The summed E-state index contributed by atoms with van der Waals surface area (Å²) >= 11 is 0. The monoisotopic (exact) mass is 213 g/mol. The molecule has 15 heavy (non-hydrogen) atoms. The van der Waals surface area contributed by atoms with Gasteiger partial charge in [0.25, 0.3) is 0 Å². The minimum atomic E-state index is -0.277. The van der Waals surface area contributed by atoms with E-state index in [0.29, 0.717) is 12.8 Å². The maximum Gasteiger partial charge on any atom is 0.246 e. The predicted octanol–water partition coefficient (Wildman–Crippen LogP) is 0.751. The number of aliphatic hydroxyl groups excluding tert-OH is 1. The number of aliphatic hydroxyl groups is 1. The summed E-state index contributed by atoms with van der Waals surface area (Å²) in [4.78, 5) is 22.8. The Morgan fingerprint density at radius 2 is 2.13 bits per heavy atom. The van der Waals surface area contributed by atoms with Crippen LogP contribution in [0.4, 0.5) is 0 Å². The van der Waals surface area contributed by atoms with E-state index in [0.717, 1.165) is 19.3 Å². The molecule has 0 aliphatic carbocycles. The zero-order chi connectivity index (χ0) is 11.7. The summed E-state index contributed by atoms with van der Waals surface area (Å²) in [7, 11) is 1.69. The second kappa shape index (κ2) is 8.17. The third-order valence-corrected chi connectivity index (χ3v) is 2.06. The quantitative estimate of drug-likeness (QED) is 0.386. The van der Waals surface area contributed by atoms with Gasteiger partial charge in [0.15, 0.2) is 0 Å². The Morgan fingerprint density at radius 1 is 1.47 bits per heavy atom. The molecule has 0 aromatic rings. The Morgan fingerprint density at radius 3 is 2.67 bits per heavy atom. The van der Waals surface area contributed by atoms with Gasteiger partial charge in [0.2, 0.25) is 5.91 Å². The number of aldehydes is 1. The third kappa shape index (κ3) is 7.88. The van der Waals surface area contributed by atoms with E-state index in [9.17, 15) is 9.59 Å². The number of unbranched alkanes of at least 4 members (excludes halogenated alkanes) is 1. The summed E-state index contributed by atoms with van der Waals surface area (Å²) < 4.78 is 0. The molecule has 0 fully saturated rings. The zero-order valence-electron chi connectivity index (χ0n) is 9.35. The van der Waals surface area contributed by atoms with Crippen molar-refractivity contribution in [2.24, 2.45) is 0 Å². The van der Waals surface area contributed by atoms with Crippen LogP contribution in [0.2, 0.25) is 0 Å². The molecule has 1 atom stereocenters. The van der Waals surface area contributed by atoms with Crippen LogP contribution in [-0.2, 0) is 9.59 Å². The number of nitrogens with zero attached hydrogens (tertiary/aromatic N) is 1. The average Bonchev–Trinajstić information content (AvgIpc) is 2.20. The first kappa shape index (κ1) is 13.8. The van der Waals surface area contributed by atoms with Crippen molar-refractivity contribution in [3.05, 3.63) is 12.2 Å². The molecule has 0 spiro atoms. The Hall–Kier alpha value is -1.16. The van der Waals surface area contributed by atoms with Gasteiger partial charge >= 0.3 is 0 Å². The van der Waals surface area contributed by atoms with Gasteiger partial charge in [-0.05, 0) is 32.3 Å². The normalized spacial score (nSPS) is 12.7. The van der Waals surface area contributed by atoms with E-state index in [-0.39, 0.29) is 12.0 Å². The molecule has 4 heteroatoms. The minimum Gasteiger partial charge on any atom is -0.393 e. The summed E-state index contributed by atoms with van der Waals surface area (Å²) in [6.45, 7) is 2.40. The van der Waals surface area contributed by atoms with E-state index in [2.05, 4.69) is 0 Å². The van der Waals surface area contributed by atoms with Crippen LogP contribution >= 0.6 is 0 Å². The highest BCUT2D eigenvalue weighted by Gasteiger charge is 2.04. The van der Waals surface area contributed by atoms with E-state index in [1.165, 1.54) is 12.2 Å². The van der Waals surface area contributed by atoms with E-state index in [4.69, 9.17) is 5.11 Å². The smallest absolute Gasteiger partial charge is 0.246 e. The molecule has 0 aliphatic heterocycles. The van der Waals surface area contributed by atoms with E-state index >= 15 is 0 Å². The molecule has 4 nitrogen and oxygen atoms in total. The lowest BCUT2D eigenvalue weighted by Gasteiger charge is -2.14. The van der Waals surface area contributed by atoms with Crippen LogP contribution in [0.3, 0.4) is 0 Å². The highest BCUT2D eigenvalue weighted by atomic mass is 16.3. The number of hydrogen-bond acceptors (Lipinski definition) is 3. The van der Waals surface area contributed by atoms with Crippen LogP contribution in [0.15, 0.2) is 12.2 Å². The van der Waals surface area contributed by atoms with Gasteiger partial charge in [-0.15, -0.1) is 0 Å². The lowest BCUT2D eigenvalue weighted by Crippen LogP contribution is -2.26. The summed E-state index contributed by atoms with van der Waals surface area (Å²) in [5.74, 6) is -0.167. The fourth-order valence-electron chi connectivity index (χ4n) is 1.15. The minimum absolute atomic E-state index is 0.167. The lowest BCUT2D eigenvalue weighted by atomic mass is 10.2. The zero-order valence-corrected chi connectivity index (χ0v) is 9.35. The SMILES string of the molecule is CC(O)CCCCN(C)C(=O)/C=C\C=O. The molecular weight excluding hydrogens is 194 g/mol. The summed E-state index contributed by atoms with van der Waals surface area (Å²) in [6.07, 6.45) is 5.26. The van der Waals surface area contributed by atoms with E-state index < -0.39 is 0 Å². The van der Waals surface area contributed by atoms with Gasteiger partial charge in [0.05, 0.1) is 6.10 Å². The molecular formula is C11H19NO3. The fourth-order valence-corrected chi connectivity index (χ4v) is 1.15. The third-order valence-electron chi connectivity index (χ3n) is 2.06. The maximum absolute atomic E-state index is 11.3. The topological polar surface area (TPSA) is 57.6 Å². The van der Waals surface area contributed by atoms with Crippen LogP contribution < -0.4 is 0 Å². The van der Waals surface area contributed by atoms with E-state index in [1.807, 2.05) is 0 Å². The van der Waals surface area contributed by atoms with Gasteiger partial charge in [0, 0.05) is 19.7 Å². The summed E-state index contributed by atoms with van der Waals surface area (Å²) in [6, 6.07) is 0. The van der Waals surface area contributed by atoms with Gasteiger partial charge in [-0.2, -0.15) is 0 Å². The Labute approximate surface area is 90.6 Å². The lowest BCUT2D eigenvalue weighted by molar-refractivity contribution is -0.125. The van der Waals surface area contributed by atoms with Crippen LogP contribution in [0.5, 0.6) is 0 Å². The van der Waals surface area contributed by atoms with Crippen LogP contribution in [-0.4, -0.2) is 41.9 Å². The van der Waals surface area contributed by atoms with Gasteiger partial charge in [-0.1, -0.05) is 0 Å². The molecule has 0 heterocycles. The average molecular weight is 213 g/mol. The Bertz CT molecular complexity index is 224. The number of likely N-dealkylation sites (N-methyl/N-ethyl adjacent to an activating group) is 1. The fraction of sp³-hybridized carbons (Fsp3) is 0.636. The molecule has 86 valence electrons. The molecule has 0 saturated carbocycles. The molecule has 1 amide bonds. The van der Waals surface area contributed by atoms with Crippen molar-refractivity contribution in [1.82, 2.24) is 4.90 Å². The number of rotatable bonds is 7. The first-order valence-electron chi connectivity index (χ1n) is 5.13. The molecule has 0 radical (unpaired) electrons. The molecule has 1 N–H and O–H groups in total. The van der Waals surface area contributed by atoms with Crippen LogP contribution in [0.1, 0.15) is 26.2 Å². The number of hydrogen-bond donors (Lipinski definition) is 1. The van der Waals surface area contributed by atoms with Crippen LogP contribution in [0, 0.1) is 0 Å². The number of amides is 1. The van der Waals surface area contributed by atoms with E-state index in [1.54, 1.807) is 18.9 Å². The van der Waals surface area contributed by atoms with Crippen molar-refractivity contribution in [3.63, 3.8) is 0 Å². The van der Waals surface area contributed by atoms with Gasteiger partial charge in [0.1, 0.15) is 6.29 Å². The summed E-state index contributed by atoms with van der Waals surface area (Å²) in [5.41, 5.74) is 0. The van der Waals surface area contributed by atoms with Gasteiger partial charge in [-0.3, -0.25) is 9.59 Å². The molecule has 1 unspecified atom stereocenters. The van der Waals surface area contributed by atoms with Crippen molar-refractivity contribution in [2.45, 2.75) is 32.3 Å². The molecule has 0 aliphatic rings. The van der Waals surface area contributed by atoms with Crippen molar-refractivity contribution >= 4 is 12.2 Å². The largest absolute Gasteiger partial charge is 0.393 e. The first-order chi connectivity index (χ1) is 7.07. The molecule has 0 rings (SSSR count). The number of carbonyl (C=O) groups excluding carboxylic acids is 2. The number of allylic oxidation sites excluding steroid dienone is 1. The Kier molecular flexibility index (Phi) is 7.54. The first-order valence-corrected chi connectivity index (χ1v) is 5.13. The second-order valence-electron chi connectivity index (χ2n) is 3.60. The van der Waals surface area contributed by atoms with Crippen LogP contribution in [0.25, 0.3) is 0 Å².